The van der Waals surface area contributed by atoms with E-state index in [0.717, 1.165) is 10.1 Å². The fraction of sp³-hybridized carbons (Fsp3) is 0. The molecule has 3 nitrogen and oxygen atoms in total. The summed E-state index contributed by atoms with van der Waals surface area (Å²) < 4.78 is 1.93. The summed E-state index contributed by atoms with van der Waals surface area (Å²) in [6, 6.07) is 3.91. The van der Waals surface area contributed by atoms with Crippen LogP contribution in [0.3, 0.4) is 0 Å². The van der Waals surface area contributed by atoms with E-state index < -0.39 is 0 Å². The van der Waals surface area contributed by atoms with Crippen molar-refractivity contribution in [3.05, 3.63) is 30.7 Å². The Morgan fingerprint density at radius 1 is 1.36 bits per heavy atom. The second-order valence-electron chi connectivity index (χ2n) is 2.14. The molecule has 2 aromatic heterocycles. The van der Waals surface area contributed by atoms with Gasteiger partial charge in [-0.05, 0) is 12.1 Å². The molecule has 11 heavy (non-hydrogen) atoms. The summed E-state index contributed by atoms with van der Waals surface area (Å²) in [5, 5.41) is 1.65. The van der Waals surface area contributed by atoms with Crippen LogP contribution in [-0.2, 0) is 0 Å². The Balaban J connectivity index is 2.45. The van der Waals surface area contributed by atoms with Gasteiger partial charge in [-0.1, -0.05) is 11.3 Å². The molecule has 0 aliphatic heterocycles. The van der Waals surface area contributed by atoms with E-state index in [0.29, 0.717) is 0 Å². The number of hydrogen-bond acceptors (Lipinski definition) is 3. The van der Waals surface area contributed by atoms with Crippen LogP contribution in [0.25, 0.3) is 5.13 Å². The lowest BCUT2D eigenvalue weighted by atomic mass is 10.7. The molecule has 0 aliphatic carbocycles. The van der Waals surface area contributed by atoms with Crippen LogP contribution in [-0.4, -0.2) is 9.55 Å². The van der Waals surface area contributed by atoms with Gasteiger partial charge in [0.05, 0.1) is 6.20 Å². The Bertz CT molecular complexity index is 336. The second kappa shape index (κ2) is 2.39. The molecule has 0 fully saturated rings. The largest absolute Gasteiger partial charge is 0.389 e. The zero-order valence-electron chi connectivity index (χ0n) is 5.77. The highest BCUT2D eigenvalue weighted by Gasteiger charge is 1.98. The Hall–Kier alpha value is -1.29. The number of nitrogens with two attached hydrogens (primary N) is 1. The van der Waals surface area contributed by atoms with Crippen molar-refractivity contribution in [3.63, 3.8) is 0 Å². The van der Waals surface area contributed by atoms with E-state index in [9.17, 15) is 0 Å². The Morgan fingerprint density at radius 3 is 2.64 bits per heavy atom. The summed E-state index contributed by atoms with van der Waals surface area (Å²) in [7, 11) is 0. The summed E-state index contributed by atoms with van der Waals surface area (Å²) in [6.45, 7) is 0. The van der Waals surface area contributed by atoms with E-state index >= 15 is 0 Å². The third-order valence-electron chi connectivity index (χ3n) is 1.34. The minimum absolute atomic E-state index is 0.744. The fourth-order valence-electron chi connectivity index (χ4n) is 0.858. The van der Waals surface area contributed by atoms with Crippen LogP contribution in [0.2, 0.25) is 0 Å². The normalized spacial score (nSPS) is 10.2. The topological polar surface area (TPSA) is 43.8 Å². The van der Waals surface area contributed by atoms with Gasteiger partial charge in [-0.15, -0.1) is 0 Å². The number of nitrogens with zero attached hydrogens (tertiary/aromatic N) is 2. The van der Waals surface area contributed by atoms with Gasteiger partial charge in [-0.25, -0.2) is 4.98 Å². The lowest BCUT2D eigenvalue weighted by Crippen LogP contribution is -1.85. The molecular weight excluding hydrogens is 158 g/mol. The zero-order chi connectivity index (χ0) is 7.68. The van der Waals surface area contributed by atoms with E-state index in [1.807, 2.05) is 29.1 Å². The highest BCUT2D eigenvalue weighted by atomic mass is 32.1. The van der Waals surface area contributed by atoms with E-state index in [4.69, 9.17) is 5.73 Å². The molecule has 0 aromatic carbocycles. The summed E-state index contributed by atoms with van der Waals surface area (Å²) in [6.07, 6.45) is 5.55. The Morgan fingerprint density at radius 2 is 2.09 bits per heavy atom. The molecule has 2 rings (SSSR count). The highest BCUT2D eigenvalue weighted by Crippen LogP contribution is 2.18. The molecule has 0 saturated carbocycles. The molecule has 0 amide bonds. The summed E-state index contributed by atoms with van der Waals surface area (Å²) in [4.78, 5) is 4.11. The lowest BCUT2D eigenvalue weighted by molar-refractivity contribution is 1.05. The molecule has 0 spiro atoms. The molecule has 56 valence electrons. The molecule has 0 atom stereocenters. The third kappa shape index (κ3) is 1.12. The number of nitrogen functional groups attached to an aromatic ring is 1. The van der Waals surface area contributed by atoms with Gasteiger partial charge in [0, 0.05) is 12.4 Å². The van der Waals surface area contributed by atoms with Crippen molar-refractivity contribution in [2.45, 2.75) is 0 Å². The predicted octanol–water partition coefficient (Wildman–Crippen LogP) is 1.52. The number of aromatic nitrogens is 2. The van der Waals surface area contributed by atoms with Gasteiger partial charge >= 0.3 is 0 Å². The van der Waals surface area contributed by atoms with E-state index in [2.05, 4.69) is 4.98 Å². The van der Waals surface area contributed by atoms with Gasteiger partial charge < -0.3 is 10.3 Å². The number of anilines is 1. The van der Waals surface area contributed by atoms with Crippen molar-refractivity contribution in [3.8, 4) is 5.13 Å². The van der Waals surface area contributed by atoms with Crippen LogP contribution in [0.15, 0.2) is 30.7 Å². The predicted molar refractivity (Wildman–Crippen MR) is 45.9 cm³/mol. The standard InChI is InChI=1S/C7H7N3S/c8-6-5-9-7(11-6)10-3-1-2-4-10/h1-5H,8H2. The number of thiazole rings is 1. The first-order valence-electron chi connectivity index (χ1n) is 3.21. The first-order valence-corrected chi connectivity index (χ1v) is 4.02. The first kappa shape index (κ1) is 6.42. The van der Waals surface area contributed by atoms with Crippen molar-refractivity contribution >= 4 is 16.3 Å². The second-order valence-corrected chi connectivity index (χ2v) is 3.18. The van der Waals surface area contributed by atoms with Crippen LogP contribution < -0.4 is 5.73 Å². The van der Waals surface area contributed by atoms with Crippen molar-refractivity contribution < 1.29 is 0 Å². The monoisotopic (exact) mass is 165 g/mol. The Labute approximate surface area is 68.1 Å². The quantitative estimate of drug-likeness (QED) is 0.696. The fourth-order valence-corrected chi connectivity index (χ4v) is 1.51. The van der Waals surface area contributed by atoms with Crippen molar-refractivity contribution in [1.82, 2.24) is 9.55 Å². The Kier molecular flexibility index (Phi) is 1.40. The van der Waals surface area contributed by atoms with Crippen molar-refractivity contribution in [2.75, 3.05) is 5.73 Å². The van der Waals surface area contributed by atoms with Crippen LogP contribution >= 0.6 is 11.3 Å². The van der Waals surface area contributed by atoms with Crippen LogP contribution in [0.4, 0.5) is 5.00 Å². The number of rotatable bonds is 1. The van der Waals surface area contributed by atoms with Gasteiger partial charge in [-0.3, -0.25) is 0 Å². The third-order valence-corrected chi connectivity index (χ3v) is 2.18. The van der Waals surface area contributed by atoms with Crippen LogP contribution in [0.5, 0.6) is 0 Å². The zero-order valence-corrected chi connectivity index (χ0v) is 6.58. The molecule has 0 radical (unpaired) electrons. The molecule has 2 heterocycles. The molecule has 2 N–H and O–H groups in total. The maximum absolute atomic E-state index is 5.53. The molecule has 0 saturated heterocycles. The van der Waals surface area contributed by atoms with E-state index in [1.54, 1.807) is 6.20 Å². The molecule has 0 aliphatic rings. The maximum atomic E-state index is 5.53. The summed E-state index contributed by atoms with van der Waals surface area (Å²) >= 11 is 1.48. The van der Waals surface area contributed by atoms with Gasteiger partial charge in [0.2, 0.25) is 0 Å². The van der Waals surface area contributed by atoms with Crippen LogP contribution in [0.1, 0.15) is 0 Å². The van der Waals surface area contributed by atoms with Gasteiger partial charge in [0.15, 0.2) is 5.13 Å². The smallest absolute Gasteiger partial charge is 0.195 e. The van der Waals surface area contributed by atoms with E-state index in [1.165, 1.54) is 11.3 Å². The molecule has 2 aromatic rings. The molecule has 0 unspecified atom stereocenters. The van der Waals surface area contributed by atoms with Gasteiger partial charge in [-0.2, -0.15) is 0 Å². The minimum atomic E-state index is 0.744. The summed E-state index contributed by atoms with van der Waals surface area (Å²) in [5.74, 6) is 0. The maximum Gasteiger partial charge on any atom is 0.195 e. The van der Waals surface area contributed by atoms with Crippen molar-refractivity contribution in [1.29, 1.82) is 0 Å². The van der Waals surface area contributed by atoms with Crippen molar-refractivity contribution in [2.24, 2.45) is 0 Å². The van der Waals surface area contributed by atoms with Gasteiger partial charge in [0.25, 0.3) is 0 Å². The molecule has 0 bridgehead atoms. The minimum Gasteiger partial charge on any atom is -0.389 e. The van der Waals surface area contributed by atoms with Crippen LogP contribution in [0, 0.1) is 0 Å². The average molecular weight is 165 g/mol. The molecular formula is C7H7N3S. The highest BCUT2D eigenvalue weighted by molar-refractivity contribution is 7.17. The number of hydrogen-bond donors (Lipinski definition) is 1. The average Bonchev–Trinajstić information content (AvgIpc) is 2.55. The summed E-state index contributed by atoms with van der Waals surface area (Å²) in [5.41, 5.74) is 5.53. The SMILES string of the molecule is Nc1cnc(-n2cccc2)s1. The van der Waals surface area contributed by atoms with E-state index in [-0.39, 0.29) is 0 Å². The first-order chi connectivity index (χ1) is 5.36. The molecule has 4 heteroatoms. The van der Waals surface area contributed by atoms with Gasteiger partial charge in [0.1, 0.15) is 5.00 Å². The lowest BCUT2D eigenvalue weighted by Gasteiger charge is -1.92.